The molecule has 0 aliphatic heterocycles. The van der Waals surface area contributed by atoms with Crippen molar-refractivity contribution in [1.82, 2.24) is 20.6 Å². The molecule has 0 amide bonds. The Hall–Kier alpha value is -0.740. The molecule has 0 atom stereocenters. The van der Waals surface area contributed by atoms with Crippen LogP contribution in [-0.4, -0.2) is 22.5 Å². The maximum atomic E-state index is 4.65. The average Bonchev–Trinajstić information content (AvgIpc) is 3.19. The van der Waals surface area contributed by atoms with Gasteiger partial charge in [0.15, 0.2) is 5.96 Å². The van der Waals surface area contributed by atoms with Crippen LogP contribution < -0.4 is 10.6 Å². The van der Waals surface area contributed by atoms with Crippen molar-refractivity contribution in [2.45, 2.75) is 59.5 Å². The minimum atomic E-state index is 0. The highest BCUT2D eigenvalue weighted by Crippen LogP contribution is 2.19. The van der Waals surface area contributed by atoms with Crippen molar-refractivity contribution in [3.63, 3.8) is 0 Å². The summed E-state index contributed by atoms with van der Waals surface area (Å²) in [7, 11) is 0. The molecular weight excluding hydrogens is 465 g/mol. The molecule has 0 unspecified atom stereocenters. The lowest BCUT2D eigenvalue weighted by Crippen LogP contribution is -2.36. The quantitative estimate of drug-likeness (QED) is 0.333. The molecule has 2 aromatic rings. The number of aromatic nitrogens is 2. The molecule has 0 aliphatic rings. The van der Waals surface area contributed by atoms with E-state index in [0.717, 1.165) is 28.9 Å². The molecular formula is C17H28IN5S2. The van der Waals surface area contributed by atoms with Crippen LogP contribution in [0, 0.1) is 0 Å². The largest absolute Gasteiger partial charge is 0.357 e. The topological polar surface area (TPSA) is 62.2 Å². The standard InChI is InChI=1S/C17H27N5S2.HI/c1-6-18-17(19-7-13-9-24-16(21-13)12(4)5)20-8-15-22-14(10-23-15)11(2)3;/h9-12H,6-8H2,1-5H3,(H2,18,19,20);1H. The molecule has 0 saturated heterocycles. The van der Waals surface area contributed by atoms with Crippen LogP contribution in [0.3, 0.4) is 0 Å². The van der Waals surface area contributed by atoms with Crippen LogP contribution in [0.4, 0.5) is 0 Å². The fourth-order valence-electron chi connectivity index (χ4n) is 1.99. The molecule has 0 aliphatic carbocycles. The molecule has 25 heavy (non-hydrogen) atoms. The number of thiazole rings is 2. The van der Waals surface area contributed by atoms with Gasteiger partial charge in [-0.25, -0.2) is 15.0 Å². The van der Waals surface area contributed by atoms with Crippen molar-refractivity contribution in [3.05, 3.63) is 32.2 Å². The van der Waals surface area contributed by atoms with Gasteiger partial charge in [0.1, 0.15) is 5.01 Å². The second kappa shape index (κ2) is 11.1. The zero-order valence-electron chi connectivity index (χ0n) is 15.5. The first-order chi connectivity index (χ1) is 11.5. The van der Waals surface area contributed by atoms with E-state index >= 15 is 0 Å². The zero-order valence-corrected chi connectivity index (χ0v) is 19.5. The summed E-state index contributed by atoms with van der Waals surface area (Å²) in [6, 6.07) is 0. The van der Waals surface area contributed by atoms with Crippen LogP contribution in [0.5, 0.6) is 0 Å². The van der Waals surface area contributed by atoms with Crippen LogP contribution in [0.15, 0.2) is 15.8 Å². The summed E-state index contributed by atoms with van der Waals surface area (Å²) >= 11 is 3.40. The second-order valence-corrected chi connectivity index (χ2v) is 8.03. The summed E-state index contributed by atoms with van der Waals surface area (Å²) in [6.45, 7) is 12.8. The van der Waals surface area contributed by atoms with Crippen molar-refractivity contribution in [2.75, 3.05) is 6.54 Å². The van der Waals surface area contributed by atoms with E-state index in [1.807, 2.05) is 0 Å². The summed E-state index contributed by atoms with van der Waals surface area (Å²) in [5.74, 6) is 1.74. The minimum Gasteiger partial charge on any atom is -0.357 e. The Labute approximate surface area is 175 Å². The lowest BCUT2D eigenvalue weighted by atomic mass is 10.2. The van der Waals surface area contributed by atoms with Gasteiger partial charge in [0.2, 0.25) is 0 Å². The van der Waals surface area contributed by atoms with E-state index in [4.69, 9.17) is 0 Å². The number of halogens is 1. The number of nitrogens with one attached hydrogen (secondary N) is 2. The van der Waals surface area contributed by atoms with Gasteiger partial charge in [0, 0.05) is 23.2 Å². The first-order valence-corrected chi connectivity index (χ1v) is 10.2. The lowest BCUT2D eigenvalue weighted by molar-refractivity contribution is 0.785. The molecule has 2 rings (SSSR count). The third-order valence-corrected chi connectivity index (χ3v) is 5.44. The number of guanidine groups is 1. The van der Waals surface area contributed by atoms with Gasteiger partial charge in [-0.2, -0.15) is 0 Å². The molecule has 0 radical (unpaired) electrons. The predicted octanol–water partition coefficient (Wildman–Crippen LogP) is 4.72. The normalized spacial score (nSPS) is 11.7. The summed E-state index contributed by atoms with van der Waals surface area (Å²) in [5.41, 5.74) is 2.18. The van der Waals surface area contributed by atoms with Gasteiger partial charge in [-0.15, -0.1) is 46.7 Å². The van der Waals surface area contributed by atoms with Gasteiger partial charge >= 0.3 is 0 Å². The third-order valence-electron chi connectivity index (χ3n) is 3.37. The molecule has 5 nitrogen and oxygen atoms in total. The summed E-state index contributed by atoms with van der Waals surface area (Å²) in [5, 5.41) is 13.1. The fraction of sp³-hybridized carbons (Fsp3) is 0.588. The minimum absolute atomic E-state index is 0. The van der Waals surface area contributed by atoms with Gasteiger partial charge in [-0.3, -0.25) is 0 Å². The predicted molar refractivity (Wildman–Crippen MR) is 119 cm³/mol. The number of hydrogen-bond donors (Lipinski definition) is 2. The van der Waals surface area contributed by atoms with Crippen LogP contribution in [0.25, 0.3) is 0 Å². The van der Waals surface area contributed by atoms with Crippen molar-refractivity contribution in [3.8, 4) is 0 Å². The van der Waals surface area contributed by atoms with Crippen LogP contribution >= 0.6 is 46.7 Å². The van der Waals surface area contributed by atoms with Gasteiger partial charge in [0.05, 0.1) is 29.5 Å². The highest BCUT2D eigenvalue weighted by Gasteiger charge is 2.08. The third kappa shape index (κ3) is 7.18. The zero-order chi connectivity index (χ0) is 17.5. The lowest BCUT2D eigenvalue weighted by Gasteiger charge is -2.09. The van der Waals surface area contributed by atoms with E-state index in [1.54, 1.807) is 22.7 Å². The molecule has 0 bridgehead atoms. The SMILES string of the molecule is CCNC(=NCc1csc(C(C)C)n1)NCc1nc(C(C)C)cs1.I. The number of aliphatic imine (C=N–C) groups is 1. The number of rotatable bonds is 7. The van der Waals surface area contributed by atoms with Crippen LogP contribution in [0.2, 0.25) is 0 Å². The van der Waals surface area contributed by atoms with Gasteiger partial charge in [0.25, 0.3) is 0 Å². The maximum Gasteiger partial charge on any atom is 0.191 e. The number of hydrogen-bond acceptors (Lipinski definition) is 5. The van der Waals surface area contributed by atoms with Crippen molar-refractivity contribution in [1.29, 1.82) is 0 Å². The van der Waals surface area contributed by atoms with Gasteiger partial charge < -0.3 is 10.6 Å². The van der Waals surface area contributed by atoms with E-state index < -0.39 is 0 Å². The van der Waals surface area contributed by atoms with Crippen molar-refractivity contribution >= 4 is 52.6 Å². The monoisotopic (exact) mass is 493 g/mol. The first kappa shape index (κ1) is 22.3. The second-order valence-electron chi connectivity index (χ2n) is 6.20. The summed E-state index contributed by atoms with van der Waals surface area (Å²) < 4.78 is 0. The Bertz CT molecular complexity index is 664. The molecule has 140 valence electrons. The molecule has 0 saturated carbocycles. The Kier molecular flexibility index (Phi) is 9.88. The maximum absolute atomic E-state index is 4.65. The van der Waals surface area contributed by atoms with Crippen LogP contribution in [0.1, 0.15) is 67.9 Å². The van der Waals surface area contributed by atoms with E-state index in [2.05, 4.69) is 71.0 Å². The Morgan fingerprint density at radius 1 is 1.08 bits per heavy atom. The molecule has 0 aromatic carbocycles. The Balaban J connectivity index is 0.00000312. The van der Waals surface area contributed by atoms with Crippen LogP contribution in [-0.2, 0) is 13.1 Å². The molecule has 8 heteroatoms. The number of nitrogens with zero attached hydrogens (tertiary/aromatic N) is 3. The Morgan fingerprint density at radius 3 is 2.40 bits per heavy atom. The fourth-order valence-corrected chi connectivity index (χ4v) is 3.71. The van der Waals surface area contributed by atoms with E-state index in [0.29, 0.717) is 24.9 Å². The first-order valence-electron chi connectivity index (χ1n) is 8.40. The summed E-state index contributed by atoms with van der Waals surface area (Å²) in [4.78, 5) is 13.9. The van der Waals surface area contributed by atoms with Gasteiger partial charge in [-0.05, 0) is 12.8 Å². The molecule has 2 N–H and O–H groups in total. The highest BCUT2D eigenvalue weighted by atomic mass is 127. The van der Waals surface area contributed by atoms with E-state index in [9.17, 15) is 0 Å². The summed E-state index contributed by atoms with van der Waals surface area (Å²) in [6.07, 6.45) is 0. The molecule has 2 aromatic heterocycles. The average molecular weight is 493 g/mol. The highest BCUT2D eigenvalue weighted by molar-refractivity contribution is 14.0. The molecule has 0 fully saturated rings. The van der Waals surface area contributed by atoms with E-state index in [1.165, 1.54) is 5.01 Å². The molecule has 0 spiro atoms. The smallest absolute Gasteiger partial charge is 0.191 e. The molecule has 2 heterocycles. The van der Waals surface area contributed by atoms with E-state index in [-0.39, 0.29) is 24.0 Å². The Morgan fingerprint density at radius 2 is 1.84 bits per heavy atom. The van der Waals surface area contributed by atoms with Crippen molar-refractivity contribution in [2.24, 2.45) is 4.99 Å². The van der Waals surface area contributed by atoms with Crippen molar-refractivity contribution < 1.29 is 0 Å². The van der Waals surface area contributed by atoms with Gasteiger partial charge in [-0.1, -0.05) is 27.7 Å².